The molecule has 0 aliphatic heterocycles. The first-order valence-corrected chi connectivity index (χ1v) is 9.45. The predicted molar refractivity (Wildman–Crippen MR) is 106 cm³/mol. The Morgan fingerprint density at radius 3 is 2.42 bits per heavy atom. The van der Waals surface area contributed by atoms with Crippen molar-refractivity contribution in [1.29, 1.82) is 0 Å². The number of hydrogen-bond donors (Lipinski definition) is 2. The van der Waals surface area contributed by atoms with Gasteiger partial charge >= 0.3 is 0 Å². The van der Waals surface area contributed by atoms with Gasteiger partial charge in [0, 0.05) is 29.7 Å². The molecule has 6 heteroatoms. The Hall–Kier alpha value is -2.18. The number of halogens is 1. The monoisotopic (exact) mass is 415 g/mol. The summed E-state index contributed by atoms with van der Waals surface area (Å²) in [6, 6.07) is 15.6. The maximum atomic E-state index is 12.5. The molecule has 0 heterocycles. The summed E-state index contributed by atoms with van der Waals surface area (Å²) < 4.78 is 0.871. The zero-order chi connectivity index (χ0) is 18.5. The molecular weight excluding hydrogens is 394 g/mol. The summed E-state index contributed by atoms with van der Waals surface area (Å²) in [5.41, 5.74) is 2.52. The highest BCUT2D eigenvalue weighted by atomic mass is 79.9. The maximum absolute atomic E-state index is 12.5. The number of nitrogens with one attached hydrogen (secondary N) is 2. The molecule has 0 bridgehead atoms. The first-order valence-electron chi connectivity index (χ1n) is 8.66. The minimum absolute atomic E-state index is 0.0224. The smallest absolute Gasteiger partial charge is 0.251 e. The van der Waals surface area contributed by atoms with Gasteiger partial charge in [-0.15, -0.1) is 0 Å². The van der Waals surface area contributed by atoms with Crippen LogP contribution in [0.4, 0.5) is 5.69 Å². The number of carbonyl (C=O) groups excluding carboxylic acids is 2. The lowest BCUT2D eigenvalue weighted by molar-refractivity contribution is -0.117. The van der Waals surface area contributed by atoms with Crippen LogP contribution in [0.15, 0.2) is 53.0 Å². The van der Waals surface area contributed by atoms with E-state index < -0.39 is 0 Å². The number of carbonyl (C=O) groups is 2. The van der Waals surface area contributed by atoms with Crippen molar-refractivity contribution in [1.82, 2.24) is 10.2 Å². The van der Waals surface area contributed by atoms with Crippen molar-refractivity contribution in [3.05, 3.63) is 64.1 Å². The molecule has 0 unspecified atom stereocenters. The Labute approximate surface area is 161 Å². The molecule has 1 aliphatic carbocycles. The van der Waals surface area contributed by atoms with Crippen molar-refractivity contribution >= 4 is 33.4 Å². The van der Waals surface area contributed by atoms with E-state index in [2.05, 4.69) is 31.5 Å². The largest absolute Gasteiger partial charge is 0.355 e. The van der Waals surface area contributed by atoms with E-state index in [9.17, 15) is 9.59 Å². The zero-order valence-electron chi connectivity index (χ0n) is 14.7. The number of anilines is 1. The Balaban J connectivity index is 1.62. The Kier molecular flexibility index (Phi) is 6.06. The summed E-state index contributed by atoms with van der Waals surface area (Å²) in [6.07, 6.45) is 2.25. The standard InChI is InChI=1S/C20H22BrN3O2/c1-22-20(26)15-8-6-14(7-9-15)12-24(16-10-11-16)13-19(25)23-18-5-3-2-4-17(18)21/h2-9,16H,10-13H2,1H3,(H,22,26)(H,23,25). The second-order valence-electron chi connectivity index (χ2n) is 6.44. The molecule has 136 valence electrons. The summed E-state index contributed by atoms with van der Waals surface area (Å²) in [5, 5.41) is 5.58. The van der Waals surface area contributed by atoms with Crippen LogP contribution < -0.4 is 10.6 Å². The minimum atomic E-state index is -0.0941. The SMILES string of the molecule is CNC(=O)c1ccc(CN(CC(=O)Nc2ccccc2Br)C2CC2)cc1. The van der Waals surface area contributed by atoms with Gasteiger partial charge in [0.2, 0.25) is 5.91 Å². The van der Waals surface area contributed by atoms with Crippen molar-refractivity contribution in [2.75, 3.05) is 18.9 Å². The topological polar surface area (TPSA) is 61.4 Å². The Morgan fingerprint density at radius 2 is 1.81 bits per heavy atom. The van der Waals surface area contributed by atoms with Crippen LogP contribution in [0, 0.1) is 0 Å². The number of hydrogen-bond acceptors (Lipinski definition) is 3. The van der Waals surface area contributed by atoms with Crippen LogP contribution in [0.2, 0.25) is 0 Å². The van der Waals surface area contributed by atoms with E-state index >= 15 is 0 Å². The maximum Gasteiger partial charge on any atom is 0.251 e. The number of nitrogens with zero attached hydrogens (tertiary/aromatic N) is 1. The molecule has 0 aromatic heterocycles. The van der Waals surface area contributed by atoms with E-state index in [0.29, 0.717) is 24.7 Å². The van der Waals surface area contributed by atoms with Gasteiger partial charge in [-0.25, -0.2) is 0 Å². The van der Waals surface area contributed by atoms with Crippen LogP contribution in [-0.4, -0.2) is 36.3 Å². The molecule has 2 N–H and O–H groups in total. The molecule has 1 aliphatic rings. The summed E-state index contributed by atoms with van der Waals surface area (Å²) in [4.78, 5) is 26.3. The second kappa shape index (κ2) is 8.47. The molecule has 5 nitrogen and oxygen atoms in total. The number of benzene rings is 2. The summed E-state index contributed by atoms with van der Waals surface area (Å²) in [6.45, 7) is 1.05. The van der Waals surface area contributed by atoms with Gasteiger partial charge in [-0.1, -0.05) is 24.3 Å². The van der Waals surface area contributed by atoms with Gasteiger partial charge in [-0.3, -0.25) is 14.5 Å². The van der Waals surface area contributed by atoms with Gasteiger partial charge in [-0.2, -0.15) is 0 Å². The van der Waals surface area contributed by atoms with Gasteiger partial charge in [0.25, 0.3) is 5.91 Å². The van der Waals surface area contributed by atoms with Crippen molar-refractivity contribution in [3.63, 3.8) is 0 Å². The van der Waals surface area contributed by atoms with Crippen molar-refractivity contribution in [2.24, 2.45) is 0 Å². The molecular formula is C20H22BrN3O2. The van der Waals surface area contributed by atoms with Gasteiger partial charge < -0.3 is 10.6 Å². The molecule has 2 aromatic rings. The third kappa shape index (κ3) is 4.93. The molecule has 3 rings (SSSR count). The van der Waals surface area contributed by atoms with E-state index in [0.717, 1.165) is 28.6 Å². The summed E-state index contributed by atoms with van der Waals surface area (Å²) in [5.74, 6) is -0.116. The Bertz CT molecular complexity index is 788. The molecule has 0 spiro atoms. The van der Waals surface area contributed by atoms with E-state index in [-0.39, 0.29) is 11.8 Å². The van der Waals surface area contributed by atoms with Crippen LogP contribution >= 0.6 is 15.9 Å². The van der Waals surface area contributed by atoms with Crippen LogP contribution in [0.1, 0.15) is 28.8 Å². The lowest BCUT2D eigenvalue weighted by atomic mass is 10.1. The summed E-state index contributed by atoms with van der Waals surface area (Å²) >= 11 is 3.45. The molecule has 1 fully saturated rings. The number of rotatable bonds is 7. The summed E-state index contributed by atoms with van der Waals surface area (Å²) in [7, 11) is 1.62. The number of para-hydroxylation sites is 1. The highest BCUT2D eigenvalue weighted by molar-refractivity contribution is 9.10. The zero-order valence-corrected chi connectivity index (χ0v) is 16.3. The third-order valence-corrected chi connectivity index (χ3v) is 5.08. The van der Waals surface area contributed by atoms with E-state index in [1.54, 1.807) is 7.05 Å². The predicted octanol–water partition coefficient (Wildman–Crippen LogP) is 3.41. The lowest BCUT2D eigenvalue weighted by Gasteiger charge is -2.22. The van der Waals surface area contributed by atoms with Crippen molar-refractivity contribution in [2.45, 2.75) is 25.4 Å². The third-order valence-electron chi connectivity index (χ3n) is 4.39. The molecule has 1 saturated carbocycles. The molecule has 0 atom stereocenters. The van der Waals surface area contributed by atoms with Gasteiger partial charge in [0.05, 0.1) is 12.2 Å². The quantitative estimate of drug-likeness (QED) is 0.728. The molecule has 2 amide bonds. The highest BCUT2D eigenvalue weighted by Gasteiger charge is 2.30. The minimum Gasteiger partial charge on any atom is -0.355 e. The highest BCUT2D eigenvalue weighted by Crippen LogP contribution is 2.28. The fourth-order valence-electron chi connectivity index (χ4n) is 2.83. The fraction of sp³-hybridized carbons (Fsp3) is 0.300. The normalized spacial score (nSPS) is 13.5. The average Bonchev–Trinajstić information content (AvgIpc) is 3.48. The van der Waals surface area contributed by atoms with Crippen LogP contribution in [0.5, 0.6) is 0 Å². The molecule has 0 radical (unpaired) electrons. The van der Waals surface area contributed by atoms with E-state index in [1.165, 1.54) is 0 Å². The average molecular weight is 416 g/mol. The Morgan fingerprint density at radius 1 is 1.12 bits per heavy atom. The molecule has 0 saturated heterocycles. The number of amides is 2. The van der Waals surface area contributed by atoms with Crippen molar-refractivity contribution < 1.29 is 9.59 Å². The first-order chi connectivity index (χ1) is 12.6. The van der Waals surface area contributed by atoms with Crippen LogP contribution in [0.25, 0.3) is 0 Å². The lowest BCUT2D eigenvalue weighted by Crippen LogP contribution is -2.34. The van der Waals surface area contributed by atoms with Gasteiger partial charge in [-0.05, 0) is 58.6 Å². The van der Waals surface area contributed by atoms with E-state index in [4.69, 9.17) is 0 Å². The van der Waals surface area contributed by atoms with Crippen molar-refractivity contribution in [3.8, 4) is 0 Å². The van der Waals surface area contributed by atoms with Crippen LogP contribution in [0.3, 0.4) is 0 Å². The van der Waals surface area contributed by atoms with E-state index in [1.807, 2.05) is 48.5 Å². The fourth-order valence-corrected chi connectivity index (χ4v) is 3.21. The molecule has 2 aromatic carbocycles. The van der Waals surface area contributed by atoms with Gasteiger partial charge in [0.15, 0.2) is 0 Å². The second-order valence-corrected chi connectivity index (χ2v) is 7.29. The van der Waals surface area contributed by atoms with Crippen LogP contribution in [-0.2, 0) is 11.3 Å². The van der Waals surface area contributed by atoms with Gasteiger partial charge in [0.1, 0.15) is 0 Å². The first kappa shape index (κ1) is 18.6. The molecule has 26 heavy (non-hydrogen) atoms.